The van der Waals surface area contributed by atoms with Gasteiger partial charge in [0.05, 0.1) is 13.1 Å². The molecule has 0 bridgehead atoms. The number of hydrogen-bond donors (Lipinski definition) is 4. The Bertz CT molecular complexity index is 690. The molecule has 0 aliphatic carbocycles. The summed E-state index contributed by atoms with van der Waals surface area (Å²) in [7, 11) is 0. The van der Waals surface area contributed by atoms with Gasteiger partial charge in [0.1, 0.15) is 0 Å². The van der Waals surface area contributed by atoms with Crippen LogP contribution < -0.4 is 21.3 Å². The second kappa shape index (κ2) is 10.8. The quantitative estimate of drug-likeness (QED) is 0.544. The number of carbonyl (C=O) groups is 3. The third kappa shape index (κ3) is 7.10. The van der Waals surface area contributed by atoms with Crippen LogP contribution in [0.5, 0.6) is 0 Å². The van der Waals surface area contributed by atoms with Gasteiger partial charge >= 0.3 is 0 Å². The number of rotatable bonds is 6. The van der Waals surface area contributed by atoms with E-state index in [2.05, 4.69) is 21.3 Å². The van der Waals surface area contributed by atoms with Gasteiger partial charge in [-0.15, -0.1) is 12.4 Å². The second-order valence-electron chi connectivity index (χ2n) is 6.13. The zero-order chi connectivity index (χ0) is 19.1. The van der Waals surface area contributed by atoms with Gasteiger partial charge in [0.25, 0.3) is 0 Å². The molecule has 10 heteroatoms. The van der Waals surface area contributed by atoms with E-state index in [0.29, 0.717) is 25.1 Å². The van der Waals surface area contributed by atoms with Crippen molar-refractivity contribution in [1.82, 2.24) is 21.3 Å². The normalized spacial score (nSPS) is 18.8. The molecule has 1 aromatic carbocycles. The van der Waals surface area contributed by atoms with E-state index < -0.39 is 23.4 Å². The van der Waals surface area contributed by atoms with E-state index in [1.165, 1.54) is 13.0 Å². The van der Waals surface area contributed by atoms with Gasteiger partial charge in [-0.2, -0.15) is 0 Å². The molecule has 2 atom stereocenters. The number of benzene rings is 1. The van der Waals surface area contributed by atoms with Gasteiger partial charge < -0.3 is 21.3 Å². The number of hydrogen-bond acceptors (Lipinski definition) is 4. The molecule has 0 aromatic heterocycles. The van der Waals surface area contributed by atoms with Gasteiger partial charge in [0.2, 0.25) is 17.7 Å². The Hall–Kier alpha value is -2.26. The summed E-state index contributed by atoms with van der Waals surface area (Å²) in [5.74, 6) is -3.21. The minimum absolute atomic E-state index is 0. The molecule has 2 unspecified atom stereocenters. The van der Waals surface area contributed by atoms with Crippen molar-refractivity contribution in [3.63, 3.8) is 0 Å². The second-order valence-corrected chi connectivity index (χ2v) is 6.13. The molecule has 150 valence electrons. The summed E-state index contributed by atoms with van der Waals surface area (Å²) >= 11 is 0. The lowest BCUT2D eigenvalue weighted by Gasteiger charge is -2.33. The molecule has 7 nitrogen and oxygen atoms in total. The summed E-state index contributed by atoms with van der Waals surface area (Å²) in [6.45, 7) is 2.03. The number of piperidine rings is 1. The Morgan fingerprint density at radius 3 is 2.48 bits per heavy atom. The largest absolute Gasteiger partial charge is 0.350 e. The van der Waals surface area contributed by atoms with Crippen LogP contribution >= 0.6 is 12.4 Å². The summed E-state index contributed by atoms with van der Waals surface area (Å²) in [4.78, 5) is 34.3. The summed E-state index contributed by atoms with van der Waals surface area (Å²) < 4.78 is 26.6. The van der Waals surface area contributed by atoms with Crippen molar-refractivity contribution >= 4 is 30.1 Å². The first kappa shape index (κ1) is 22.8. The van der Waals surface area contributed by atoms with Crippen molar-refractivity contribution in [2.24, 2.45) is 0 Å². The number of halogens is 3. The average molecular weight is 405 g/mol. The molecule has 2 rings (SSSR count). The van der Waals surface area contributed by atoms with E-state index >= 15 is 0 Å². The van der Waals surface area contributed by atoms with Gasteiger partial charge in [-0.3, -0.25) is 14.4 Å². The molecular formula is C17H23ClF2N4O3. The summed E-state index contributed by atoms with van der Waals surface area (Å²) in [5.41, 5.74) is 0.616. The fourth-order valence-electron chi connectivity index (χ4n) is 2.86. The fourth-order valence-corrected chi connectivity index (χ4v) is 2.86. The topological polar surface area (TPSA) is 99.3 Å². The molecule has 27 heavy (non-hydrogen) atoms. The van der Waals surface area contributed by atoms with Gasteiger partial charge in [-0.25, -0.2) is 8.78 Å². The van der Waals surface area contributed by atoms with E-state index in [-0.39, 0.29) is 43.4 Å². The van der Waals surface area contributed by atoms with Gasteiger partial charge in [0.15, 0.2) is 11.6 Å². The highest BCUT2D eigenvalue weighted by Gasteiger charge is 2.28. The molecular weight excluding hydrogens is 382 g/mol. The Labute approximate surface area is 162 Å². The molecule has 1 aromatic rings. The van der Waals surface area contributed by atoms with Crippen LogP contribution in [0.25, 0.3) is 0 Å². The highest BCUT2D eigenvalue weighted by atomic mass is 35.5. The minimum atomic E-state index is -0.920. The van der Waals surface area contributed by atoms with E-state index in [4.69, 9.17) is 0 Å². The molecule has 3 amide bonds. The lowest BCUT2D eigenvalue weighted by Crippen LogP contribution is -2.52. The monoisotopic (exact) mass is 404 g/mol. The smallest absolute Gasteiger partial charge is 0.239 e. The van der Waals surface area contributed by atoms with Crippen molar-refractivity contribution < 1.29 is 23.2 Å². The molecule has 1 aliphatic heterocycles. The maximum atomic E-state index is 13.5. The molecule has 0 spiro atoms. The molecule has 1 saturated heterocycles. The molecule has 0 saturated carbocycles. The van der Waals surface area contributed by atoms with Crippen LogP contribution in [0.4, 0.5) is 8.78 Å². The van der Waals surface area contributed by atoms with Crippen LogP contribution in [-0.2, 0) is 14.4 Å². The standard InChI is InChI=1S/C17H22F2N4O3.ClH/c1-10(24)21-8-16(25)22-9-17(26)23-15-7-20-5-4-12(15)11-2-3-13(18)14(19)6-11;/h2-3,6,12,15,20H,4-5,7-9H2,1H3,(H,21,24)(H,22,25)(H,23,26);1H. The Morgan fingerprint density at radius 1 is 1.11 bits per heavy atom. The Balaban J connectivity index is 0.00000364. The van der Waals surface area contributed by atoms with Crippen molar-refractivity contribution in [2.45, 2.75) is 25.3 Å². The van der Waals surface area contributed by atoms with Gasteiger partial charge in [-0.1, -0.05) is 6.07 Å². The van der Waals surface area contributed by atoms with Gasteiger partial charge in [-0.05, 0) is 30.7 Å². The number of amides is 3. The van der Waals surface area contributed by atoms with Crippen LogP contribution in [0.3, 0.4) is 0 Å². The van der Waals surface area contributed by atoms with E-state index in [1.807, 2.05) is 0 Å². The summed E-state index contributed by atoms with van der Waals surface area (Å²) in [5, 5.41) is 10.7. The van der Waals surface area contributed by atoms with Crippen LogP contribution in [0.1, 0.15) is 24.8 Å². The van der Waals surface area contributed by atoms with Crippen LogP contribution in [-0.4, -0.2) is 49.9 Å². The van der Waals surface area contributed by atoms with E-state index in [1.54, 1.807) is 0 Å². The number of nitrogens with one attached hydrogen (secondary N) is 4. The third-order valence-electron chi connectivity index (χ3n) is 4.14. The molecule has 1 heterocycles. The highest BCUT2D eigenvalue weighted by molar-refractivity contribution is 5.87. The van der Waals surface area contributed by atoms with Crippen molar-refractivity contribution in [2.75, 3.05) is 26.2 Å². The predicted octanol–water partition coefficient (Wildman–Crippen LogP) is 0.201. The fraction of sp³-hybridized carbons (Fsp3) is 0.471. The SMILES string of the molecule is CC(=O)NCC(=O)NCC(=O)NC1CNCCC1c1ccc(F)c(F)c1.Cl. The maximum absolute atomic E-state index is 13.5. The van der Waals surface area contributed by atoms with Gasteiger partial charge in [0, 0.05) is 25.4 Å². The summed E-state index contributed by atoms with van der Waals surface area (Å²) in [6.07, 6.45) is 0.658. The van der Waals surface area contributed by atoms with Crippen LogP contribution in [0.15, 0.2) is 18.2 Å². The number of carbonyl (C=O) groups excluding carboxylic acids is 3. The van der Waals surface area contributed by atoms with E-state index in [0.717, 1.165) is 12.1 Å². The third-order valence-corrected chi connectivity index (χ3v) is 4.14. The minimum Gasteiger partial charge on any atom is -0.350 e. The first-order chi connectivity index (χ1) is 12.4. The van der Waals surface area contributed by atoms with Crippen LogP contribution in [0.2, 0.25) is 0 Å². The Kier molecular flexibility index (Phi) is 9.10. The van der Waals surface area contributed by atoms with Crippen molar-refractivity contribution in [3.8, 4) is 0 Å². The molecule has 0 radical (unpaired) electrons. The molecule has 4 N–H and O–H groups in total. The highest BCUT2D eigenvalue weighted by Crippen LogP contribution is 2.26. The lowest BCUT2D eigenvalue weighted by atomic mass is 9.86. The first-order valence-electron chi connectivity index (χ1n) is 8.33. The lowest BCUT2D eigenvalue weighted by molar-refractivity contribution is -0.127. The zero-order valence-corrected chi connectivity index (χ0v) is 15.6. The Morgan fingerprint density at radius 2 is 1.81 bits per heavy atom. The molecule has 1 fully saturated rings. The zero-order valence-electron chi connectivity index (χ0n) is 14.8. The van der Waals surface area contributed by atoms with Crippen molar-refractivity contribution in [3.05, 3.63) is 35.4 Å². The molecule has 1 aliphatic rings. The maximum Gasteiger partial charge on any atom is 0.239 e. The van der Waals surface area contributed by atoms with E-state index in [9.17, 15) is 23.2 Å². The van der Waals surface area contributed by atoms with Crippen LogP contribution in [0, 0.1) is 11.6 Å². The summed E-state index contributed by atoms with van der Waals surface area (Å²) in [6, 6.07) is 3.43. The van der Waals surface area contributed by atoms with Crippen molar-refractivity contribution in [1.29, 1.82) is 0 Å². The average Bonchev–Trinajstić information content (AvgIpc) is 2.61. The predicted molar refractivity (Wildman–Crippen MR) is 97.5 cm³/mol. The first-order valence-corrected chi connectivity index (χ1v) is 8.33.